The van der Waals surface area contributed by atoms with Crippen LogP contribution in [-0.2, 0) is 28.4 Å². The Morgan fingerprint density at radius 2 is 2.20 bits per heavy atom. The Morgan fingerprint density at radius 1 is 1.53 bits per heavy atom. The summed E-state index contributed by atoms with van der Waals surface area (Å²) >= 11 is 1.32. The molecule has 4 nitrogen and oxygen atoms in total. The van der Waals surface area contributed by atoms with Gasteiger partial charge >= 0.3 is 0 Å². The van der Waals surface area contributed by atoms with Crippen molar-refractivity contribution in [1.29, 1.82) is 5.26 Å². The van der Waals surface area contributed by atoms with Gasteiger partial charge in [0.15, 0.2) is 9.84 Å². The summed E-state index contributed by atoms with van der Waals surface area (Å²) in [5.41, 5.74) is 0.847. The topological polar surface area (TPSA) is 70.8 Å². The third-order valence-electron chi connectivity index (χ3n) is 1.78. The molecule has 0 aliphatic heterocycles. The van der Waals surface area contributed by atoms with Crippen LogP contribution in [0.15, 0.2) is 0 Å². The minimum absolute atomic E-state index is 0.0317. The summed E-state index contributed by atoms with van der Waals surface area (Å²) in [5, 5.41) is 9.18. The second-order valence-corrected chi connectivity index (χ2v) is 6.54. The lowest BCUT2D eigenvalue weighted by Gasteiger charge is -1.91. The first-order valence-electron chi connectivity index (χ1n) is 4.48. The van der Waals surface area contributed by atoms with Gasteiger partial charge in [0.2, 0.25) is 0 Å². The van der Waals surface area contributed by atoms with Crippen molar-refractivity contribution in [1.82, 2.24) is 4.98 Å². The molecular formula is C9H12N2O2S2. The number of aryl methyl sites for hydroxylation is 1. The molecule has 1 heterocycles. The summed E-state index contributed by atoms with van der Waals surface area (Å²) in [6, 6.07) is 2.06. The van der Waals surface area contributed by atoms with Crippen LogP contribution in [0.25, 0.3) is 0 Å². The third kappa shape index (κ3) is 3.61. The lowest BCUT2D eigenvalue weighted by Crippen LogP contribution is -2.00. The molecule has 0 bridgehead atoms. The summed E-state index contributed by atoms with van der Waals surface area (Å²) in [6.07, 6.45) is 2.23. The first-order chi connectivity index (χ1) is 6.96. The molecule has 1 aromatic heterocycles. The number of hydrogen-bond donors (Lipinski definition) is 0. The predicted molar refractivity (Wildman–Crippen MR) is 59.4 cm³/mol. The van der Waals surface area contributed by atoms with Crippen LogP contribution in [0.4, 0.5) is 0 Å². The molecule has 0 saturated heterocycles. The monoisotopic (exact) mass is 244 g/mol. The average molecular weight is 244 g/mol. The Hall–Kier alpha value is -0.930. The van der Waals surface area contributed by atoms with E-state index in [0.717, 1.165) is 17.0 Å². The fraction of sp³-hybridized carbons (Fsp3) is 0.556. The van der Waals surface area contributed by atoms with Gasteiger partial charge in [-0.05, 0) is 6.42 Å². The highest BCUT2D eigenvalue weighted by atomic mass is 32.2. The fourth-order valence-electron chi connectivity index (χ4n) is 1.21. The number of aromatic nitrogens is 1. The largest absolute Gasteiger partial charge is 0.245 e. The van der Waals surface area contributed by atoms with Crippen LogP contribution >= 0.6 is 11.3 Å². The molecule has 0 N–H and O–H groups in total. The Bertz CT molecular complexity index is 483. The maximum Gasteiger partial charge on any atom is 0.153 e. The summed E-state index contributed by atoms with van der Waals surface area (Å²) in [6.45, 7) is 1.94. The molecule has 0 atom stereocenters. The van der Waals surface area contributed by atoms with Crippen molar-refractivity contribution in [2.45, 2.75) is 25.5 Å². The van der Waals surface area contributed by atoms with Gasteiger partial charge in [0.05, 0.1) is 18.2 Å². The molecule has 82 valence electrons. The van der Waals surface area contributed by atoms with Crippen LogP contribution in [0.5, 0.6) is 0 Å². The Balaban J connectivity index is 2.98. The SMILES string of the molecule is CCc1nc(CS(C)(=O)=O)sc1CC#N. The fourth-order valence-corrected chi connectivity index (χ4v) is 3.48. The minimum atomic E-state index is -3.04. The van der Waals surface area contributed by atoms with Gasteiger partial charge in [0, 0.05) is 11.1 Å². The van der Waals surface area contributed by atoms with Gasteiger partial charge in [-0.2, -0.15) is 5.26 Å². The van der Waals surface area contributed by atoms with Crippen molar-refractivity contribution < 1.29 is 8.42 Å². The molecule has 0 radical (unpaired) electrons. The number of nitrogens with zero attached hydrogens (tertiary/aromatic N) is 2. The number of sulfone groups is 1. The Morgan fingerprint density at radius 3 is 2.67 bits per heavy atom. The second kappa shape index (κ2) is 4.73. The van der Waals surface area contributed by atoms with Gasteiger partial charge in [-0.25, -0.2) is 13.4 Å². The lowest BCUT2D eigenvalue weighted by molar-refractivity contribution is 0.601. The van der Waals surface area contributed by atoms with E-state index < -0.39 is 9.84 Å². The molecule has 15 heavy (non-hydrogen) atoms. The van der Waals surface area contributed by atoms with Gasteiger partial charge in [-0.15, -0.1) is 11.3 Å². The smallest absolute Gasteiger partial charge is 0.153 e. The van der Waals surface area contributed by atoms with Gasteiger partial charge in [-0.1, -0.05) is 6.92 Å². The van der Waals surface area contributed by atoms with Gasteiger partial charge < -0.3 is 0 Å². The number of rotatable bonds is 4. The second-order valence-electron chi connectivity index (χ2n) is 3.24. The van der Waals surface area contributed by atoms with E-state index in [9.17, 15) is 8.42 Å². The molecule has 0 fully saturated rings. The maximum atomic E-state index is 11.1. The van der Waals surface area contributed by atoms with Crippen LogP contribution < -0.4 is 0 Å². The van der Waals surface area contributed by atoms with Crippen LogP contribution in [0, 0.1) is 11.3 Å². The zero-order chi connectivity index (χ0) is 11.5. The molecule has 0 amide bonds. The van der Waals surface area contributed by atoms with Crippen molar-refractivity contribution >= 4 is 21.2 Å². The lowest BCUT2D eigenvalue weighted by atomic mass is 10.2. The quantitative estimate of drug-likeness (QED) is 0.800. The van der Waals surface area contributed by atoms with E-state index in [1.165, 1.54) is 17.6 Å². The standard InChI is InChI=1S/C9H12N2O2S2/c1-3-7-8(4-5-10)14-9(11-7)6-15(2,12)13/h3-4,6H2,1-2H3. The molecule has 1 rings (SSSR count). The van der Waals surface area contributed by atoms with Crippen molar-refractivity contribution in [2.75, 3.05) is 6.26 Å². The Labute approximate surface area is 93.5 Å². The summed E-state index contributed by atoms with van der Waals surface area (Å²) in [5.74, 6) is -0.0317. The van der Waals surface area contributed by atoms with E-state index in [-0.39, 0.29) is 5.75 Å². The number of nitriles is 1. The van der Waals surface area contributed by atoms with Crippen LogP contribution in [-0.4, -0.2) is 19.7 Å². The first-order valence-corrected chi connectivity index (χ1v) is 7.36. The number of thiazole rings is 1. The molecule has 0 spiro atoms. The van der Waals surface area contributed by atoms with E-state index in [4.69, 9.17) is 5.26 Å². The maximum absolute atomic E-state index is 11.1. The van der Waals surface area contributed by atoms with E-state index in [1.54, 1.807) is 0 Å². The van der Waals surface area contributed by atoms with E-state index in [2.05, 4.69) is 11.1 Å². The normalized spacial score (nSPS) is 11.3. The van der Waals surface area contributed by atoms with Gasteiger partial charge in [-0.3, -0.25) is 0 Å². The molecule has 0 aliphatic carbocycles. The van der Waals surface area contributed by atoms with Crippen LogP contribution in [0.3, 0.4) is 0 Å². The molecule has 0 unspecified atom stereocenters. The first kappa shape index (κ1) is 12.1. The molecule has 0 saturated carbocycles. The summed E-state index contributed by atoms with van der Waals surface area (Å²) < 4.78 is 22.1. The predicted octanol–water partition coefficient (Wildman–Crippen LogP) is 1.32. The highest BCUT2D eigenvalue weighted by Crippen LogP contribution is 2.21. The van der Waals surface area contributed by atoms with Crippen molar-refractivity contribution in [2.24, 2.45) is 0 Å². The minimum Gasteiger partial charge on any atom is -0.245 e. The summed E-state index contributed by atoms with van der Waals surface area (Å²) in [7, 11) is -3.04. The van der Waals surface area contributed by atoms with E-state index in [1.807, 2.05) is 6.92 Å². The highest BCUT2D eigenvalue weighted by molar-refractivity contribution is 7.90. The van der Waals surface area contributed by atoms with E-state index >= 15 is 0 Å². The van der Waals surface area contributed by atoms with E-state index in [0.29, 0.717) is 11.4 Å². The van der Waals surface area contributed by atoms with Crippen molar-refractivity contribution in [3.05, 3.63) is 15.6 Å². The third-order valence-corrected chi connectivity index (χ3v) is 3.86. The molecule has 0 aromatic carbocycles. The molecule has 6 heteroatoms. The molecule has 0 aliphatic rings. The molecular weight excluding hydrogens is 232 g/mol. The average Bonchev–Trinajstić information content (AvgIpc) is 2.45. The number of hydrogen-bond acceptors (Lipinski definition) is 5. The van der Waals surface area contributed by atoms with Crippen molar-refractivity contribution in [3.8, 4) is 6.07 Å². The zero-order valence-electron chi connectivity index (χ0n) is 8.65. The zero-order valence-corrected chi connectivity index (χ0v) is 10.3. The summed E-state index contributed by atoms with van der Waals surface area (Å²) in [4.78, 5) is 5.11. The van der Waals surface area contributed by atoms with Gasteiger partial charge in [0.1, 0.15) is 10.8 Å². The highest BCUT2D eigenvalue weighted by Gasteiger charge is 2.13. The van der Waals surface area contributed by atoms with Crippen molar-refractivity contribution in [3.63, 3.8) is 0 Å². The van der Waals surface area contributed by atoms with Crippen LogP contribution in [0.1, 0.15) is 22.5 Å². The Kier molecular flexibility index (Phi) is 3.83. The van der Waals surface area contributed by atoms with Crippen LogP contribution in [0.2, 0.25) is 0 Å². The van der Waals surface area contributed by atoms with Gasteiger partial charge in [0.25, 0.3) is 0 Å². The molecule has 1 aromatic rings.